The smallest absolute Gasteiger partial charge is 0.251 e. The molecule has 2 amide bonds. The van der Waals surface area contributed by atoms with Crippen LogP contribution in [-0.4, -0.2) is 42.4 Å². The Morgan fingerprint density at radius 2 is 1.50 bits per heavy atom. The Balaban J connectivity index is 1.37. The summed E-state index contributed by atoms with van der Waals surface area (Å²) in [6.07, 6.45) is 1.50. The maximum Gasteiger partial charge on any atom is 0.251 e. The Morgan fingerprint density at radius 1 is 0.929 bits per heavy atom. The van der Waals surface area contributed by atoms with E-state index in [9.17, 15) is 18.4 Å². The summed E-state index contributed by atoms with van der Waals surface area (Å²) in [5, 5.41) is 5.79. The van der Waals surface area contributed by atoms with E-state index >= 15 is 0 Å². The SMILES string of the molecule is O=C(CN1CCC(NC(=O)c2ccc(F)cc2)CC1)NCc1ccc(F)cc1. The fraction of sp³-hybridized carbons (Fsp3) is 0.333. The highest BCUT2D eigenvalue weighted by Crippen LogP contribution is 2.12. The number of rotatable bonds is 6. The van der Waals surface area contributed by atoms with E-state index in [0.29, 0.717) is 31.7 Å². The van der Waals surface area contributed by atoms with Gasteiger partial charge in [-0.25, -0.2) is 8.78 Å². The summed E-state index contributed by atoms with van der Waals surface area (Å²) in [5.74, 6) is -0.972. The Hall–Kier alpha value is -2.80. The van der Waals surface area contributed by atoms with Crippen LogP contribution >= 0.6 is 0 Å². The van der Waals surface area contributed by atoms with Crippen molar-refractivity contribution in [1.82, 2.24) is 15.5 Å². The lowest BCUT2D eigenvalue weighted by molar-refractivity contribution is -0.122. The molecule has 28 heavy (non-hydrogen) atoms. The van der Waals surface area contributed by atoms with E-state index in [0.717, 1.165) is 18.4 Å². The van der Waals surface area contributed by atoms with E-state index in [4.69, 9.17) is 0 Å². The van der Waals surface area contributed by atoms with Gasteiger partial charge >= 0.3 is 0 Å². The van der Waals surface area contributed by atoms with Gasteiger partial charge in [-0.1, -0.05) is 12.1 Å². The minimum Gasteiger partial charge on any atom is -0.351 e. The first-order chi connectivity index (χ1) is 13.5. The number of halogens is 2. The van der Waals surface area contributed by atoms with Gasteiger partial charge in [0.05, 0.1) is 6.54 Å². The molecule has 2 N–H and O–H groups in total. The summed E-state index contributed by atoms with van der Waals surface area (Å²) in [6.45, 7) is 2.07. The van der Waals surface area contributed by atoms with Crippen molar-refractivity contribution < 1.29 is 18.4 Å². The van der Waals surface area contributed by atoms with E-state index in [1.165, 1.54) is 36.4 Å². The third kappa shape index (κ3) is 5.85. The van der Waals surface area contributed by atoms with Gasteiger partial charge in [0, 0.05) is 31.2 Å². The van der Waals surface area contributed by atoms with Crippen molar-refractivity contribution in [2.24, 2.45) is 0 Å². The minimum absolute atomic E-state index is 0.0380. The molecule has 7 heteroatoms. The number of nitrogens with zero attached hydrogens (tertiary/aromatic N) is 1. The summed E-state index contributed by atoms with van der Waals surface area (Å²) in [5.41, 5.74) is 1.28. The molecule has 0 atom stereocenters. The molecule has 2 aromatic carbocycles. The second kappa shape index (κ2) is 9.41. The molecule has 1 saturated heterocycles. The van der Waals surface area contributed by atoms with Crippen LogP contribution in [0.4, 0.5) is 8.78 Å². The van der Waals surface area contributed by atoms with E-state index in [2.05, 4.69) is 10.6 Å². The van der Waals surface area contributed by atoms with Crippen LogP contribution in [0.1, 0.15) is 28.8 Å². The van der Waals surface area contributed by atoms with E-state index in [-0.39, 0.29) is 29.5 Å². The summed E-state index contributed by atoms with van der Waals surface area (Å²) in [6, 6.07) is 11.5. The largest absolute Gasteiger partial charge is 0.351 e. The molecule has 0 aliphatic carbocycles. The number of benzene rings is 2. The molecule has 0 radical (unpaired) electrons. The van der Waals surface area contributed by atoms with Crippen LogP contribution < -0.4 is 10.6 Å². The fourth-order valence-corrected chi connectivity index (χ4v) is 3.17. The van der Waals surface area contributed by atoms with Gasteiger partial charge < -0.3 is 10.6 Å². The lowest BCUT2D eigenvalue weighted by atomic mass is 10.0. The number of carbonyl (C=O) groups excluding carboxylic acids is 2. The molecule has 0 saturated carbocycles. The number of hydrogen-bond acceptors (Lipinski definition) is 3. The molecule has 148 valence electrons. The molecule has 3 rings (SSSR count). The lowest BCUT2D eigenvalue weighted by Crippen LogP contribution is -2.47. The Morgan fingerprint density at radius 3 is 2.11 bits per heavy atom. The van der Waals surface area contributed by atoms with Crippen LogP contribution in [0.2, 0.25) is 0 Å². The fourth-order valence-electron chi connectivity index (χ4n) is 3.17. The first-order valence-corrected chi connectivity index (χ1v) is 9.29. The van der Waals surface area contributed by atoms with Crippen molar-refractivity contribution in [3.05, 3.63) is 71.3 Å². The predicted molar refractivity (Wildman–Crippen MR) is 102 cm³/mol. The molecule has 1 aliphatic rings. The molecule has 5 nitrogen and oxygen atoms in total. The third-order valence-electron chi connectivity index (χ3n) is 4.80. The average molecular weight is 387 g/mol. The summed E-state index contributed by atoms with van der Waals surface area (Å²) < 4.78 is 25.8. The maximum atomic E-state index is 12.9. The Labute approximate surface area is 162 Å². The van der Waals surface area contributed by atoms with Gasteiger partial charge in [-0.05, 0) is 54.8 Å². The van der Waals surface area contributed by atoms with Gasteiger partial charge in [0.2, 0.25) is 5.91 Å². The normalized spacial score (nSPS) is 15.2. The Kier molecular flexibility index (Phi) is 6.71. The quantitative estimate of drug-likeness (QED) is 0.801. The number of nitrogens with one attached hydrogen (secondary N) is 2. The van der Waals surface area contributed by atoms with Gasteiger partial charge in [-0.2, -0.15) is 0 Å². The van der Waals surface area contributed by atoms with Crippen LogP contribution in [0.25, 0.3) is 0 Å². The standard InChI is InChI=1S/C21H23F2N3O2/c22-17-5-1-15(2-6-17)13-24-20(27)14-26-11-9-19(10-12-26)25-21(28)16-3-7-18(23)8-4-16/h1-8,19H,9-14H2,(H,24,27)(H,25,28). The number of amides is 2. The second-order valence-electron chi connectivity index (χ2n) is 6.93. The molecule has 1 fully saturated rings. The first kappa shape index (κ1) is 19.9. The molecular weight excluding hydrogens is 364 g/mol. The first-order valence-electron chi connectivity index (χ1n) is 9.29. The van der Waals surface area contributed by atoms with Gasteiger partial charge in [-0.15, -0.1) is 0 Å². The van der Waals surface area contributed by atoms with Crippen molar-refractivity contribution in [2.45, 2.75) is 25.4 Å². The molecule has 0 spiro atoms. The molecular formula is C21H23F2N3O2. The second-order valence-corrected chi connectivity index (χ2v) is 6.93. The molecule has 1 aliphatic heterocycles. The third-order valence-corrected chi connectivity index (χ3v) is 4.80. The summed E-state index contributed by atoms with van der Waals surface area (Å²) >= 11 is 0. The van der Waals surface area contributed by atoms with Gasteiger partial charge in [0.15, 0.2) is 0 Å². The lowest BCUT2D eigenvalue weighted by Gasteiger charge is -2.31. The highest BCUT2D eigenvalue weighted by molar-refractivity contribution is 5.94. The molecule has 1 heterocycles. The number of piperidine rings is 1. The Bertz CT molecular complexity index is 801. The zero-order valence-corrected chi connectivity index (χ0v) is 15.5. The monoisotopic (exact) mass is 387 g/mol. The van der Waals surface area contributed by atoms with E-state index < -0.39 is 0 Å². The van der Waals surface area contributed by atoms with Crippen molar-refractivity contribution in [2.75, 3.05) is 19.6 Å². The van der Waals surface area contributed by atoms with E-state index in [1.807, 2.05) is 4.90 Å². The van der Waals surface area contributed by atoms with Gasteiger partial charge in [0.1, 0.15) is 11.6 Å². The predicted octanol–water partition coefficient (Wildman–Crippen LogP) is 2.48. The van der Waals surface area contributed by atoms with Crippen molar-refractivity contribution in [3.8, 4) is 0 Å². The summed E-state index contributed by atoms with van der Waals surface area (Å²) in [4.78, 5) is 26.3. The van der Waals surface area contributed by atoms with Crippen molar-refractivity contribution >= 4 is 11.8 Å². The van der Waals surface area contributed by atoms with Crippen LogP contribution in [0, 0.1) is 11.6 Å². The maximum absolute atomic E-state index is 12.9. The van der Waals surface area contributed by atoms with Crippen molar-refractivity contribution in [3.63, 3.8) is 0 Å². The van der Waals surface area contributed by atoms with E-state index in [1.54, 1.807) is 12.1 Å². The average Bonchev–Trinajstić information content (AvgIpc) is 2.69. The topological polar surface area (TPSA) is 61.4 Å². The highest BCUT2D eigenvalue weighted by atomic mass is 19.1. The zero-order chi connectivity index (χ0) is 19.9. The van der Waals surface area contributed by atoms with Gasteiger partial charge in [-0.3, -0.25) is 14.5 Å². The zero-order valence-electron chi connectivity index (χ0n) is 15.5. The molecule has 0 unspecified atom stereocenters. The molecule has 0 bridgehead atoms. The number of likely N-dealkylation sites (tertiary alicyclic amines) is 1. The van der Waals surface area contributed by atoms with Crippen LogP contribution in [-0.2, 0) is 11.3 Å². The molecule has 0 aromatic heterocycles. The number of carbonyl (C=O) groups is 2. The molecule has 2 aromatic rings. The minimum atomic E-state index is -0.373. The van der Waals surface area contributed by atoms with Crippen molar-refractivity contribution in [1.29, 1.82) is 0 Å². The van der Waals surface area contributed by atoms with Crippen LogP contribution in [0.3, 0.4) is 0 Å². The van der Waals surface area contributed by atoms with Crippen LogP contribution in [0.15, 0.2) is 48.5 Å². The van der Waals surface area contributed by atoms with Crippen LogP contribution in [0.5, 0.6) is 0 Å². The number of hydrogen-bond donors (Lipinski definition) is 2. The summed E-state index contributed by atoms with van der Waals surface area (Å²) in [7, 11) is 0. The highest BCUT2D eigenvalue weighted by Gasteiger charge is 2.22. The van der Waals surface area contributed by atoms with Gasteiger partial charge in [0.25, 0.3) is 5.91 Å².